The van der Waals surface area contributed by atoms with Crippen molar-refractivity contribution >= 4 is 39.2 Å². The number of benzene rings is 3. The summed E-state index contributed by atoms with van der Waals surface area (Å²) in [6.07, 6.45) is 0. The summed E-state index contributed by atoms with van der Waals surface area (Å²) in [5.41, 5.74) is 1.81. The average molecular weight is 497 g/mol. The van der Waals surface area contributed by atoms with Gasteiger partial charge in [-0.3, -0.25) is 9.10 Å². The SMILES string of the molecule is COC(=O)c1ccccc1NC(=O)COC(=O)c1ccc(N(C)S(=O)(=O)c2ccc(C)cc2)cc1. The van der Waals surface area contributed by atoms with E-state index in [2.05, 4.69) is 10.1 Å². The molecule has 0 saturated heterocycles. The lowest BCUT2D eigenvalue weighted by molar-refractivity contribution is -0.119. The van der Waals surface area contributed by atoms with Gasteiger partial charge in [-0.25, -0.2) is 18.0 Å². The predicted octanol–water partition coefficient (Wildman–Crippen LogP) is 3.40. The van der Waals surface area contributed by atoms with E-state index in [4.69, 9.17) is 4.74 Å². The van der Waals surface area contributed by atoms with Gasteiger partial charge in [-0.05, 0) is 55.5 Å². The molecule has 1 N–H and O–H groups in total. The number of esters is 2. The molecule has 3 aromatic carbocycles. The average Bonchev–Trinajstić information content (AvgIpc) is 2.87. The van der Waals surface area contributed by atoms with Crippen molar-refractivity contribution in [2.24, 2.45) is 0 Å². The second kappa shape index (κ2) is 10.8. The number of carbonyl (C=O) groups is 3. The van der Waals surface area contributed by atoms with Crippen molar-refractivity contribution < 1.29 is 32.3 Å². The number of hydrogen-bond donors (Lipinski definition) is 1. The molecule has 0 aliphatic carbocycles. The fraction of sp³-hybridized carbons (Fsp3) is 0.160. The van der Waals surface area contributed by atoms with Crippen molar-refractivity contribution in [2.75, 3.05) is 30.4 Å². The molecule has 0 unspecified atom stereocenters. The molecule has 35 heavy (non-hydrogen) atoms. The highest BCUT2D eigenvalue weighted by atomic mass is 32.2. The third-order valence-corrected chi connectivity index (χ3v) is 6.89. The molecular weight excluding hydrogens is 472 g/mol. The minimum atomic E-state index is -3.77. The third kappa shape index (κ3) is 6.04. The summed E-state index contributed by atoms with van der Waals surface area (Å²) in [7, 11) is -1.13. The van der Waals surface area contributed by atoms with E-state index in [0.717, 1.165) is 9.87 Å². The maximum absolute atomic E-state index is 12.8. The van der Waals surface area contributed by atoms with Crippen molar-refractivity contribution in [2.45, 2.75) is 11.8 Å². The highest BCUT2D eigenvalue weighted by Crippen LogP contribution is 2.23. The van der Waals surface area contributed by atoms with E-state index in [0.29, 0.717) is 5.69 Å². The van der Waals surface area contributed by atoms with Crippen LogP contribution in [0, 0.1) is 6.92 Å². The second-order valence-corrected chi connectivity index (χ2v) is 9.46. The Bertz CT molecular complexity index is 1330. The zero-order chi connectivity index (χ0) is 25.6. The quantitative estimate of drug-likeness (QED) is 0.475. The summed E-state index contributed by atoms with van der Waals surface area (Å²) in [4.78, 5) is 36.5. The highest BCUT2D eigenvalue weighted by molar-refractivity contribution is 7.92. The monoisotopic (exact) mass is 496 g/mol. The smallest absolute Gasteiger partial charge is 0.339 e. The van der Waals surface area contributed by atoms with Gasteiger partial charge in [0, 0.05) is 7.05 Å². The molecule has 0 radical (unpaired) electrons. The van der Waals surface area contributed by atoms with Gasteiger partial charge in [0.05, 0.1) is 34.5 Å². The fourth-order valence-electron chi connectivity index (χ4n) is 3.10. The first-order valence-electron chi connectivity index (χ1n) is 10.4. The lowest BCUT2D eigenvalue weighted by Gasteiger charge is -2.19. The Morgan fingerprint density at radius 2 is 1.51 bits per heavy atom. The number of ether oxygens (including phenoxy) is 2. The number of amides is 1. The van der Waals surface area contributed by atoms with Crippen molar-refractivity contribution in [3.63, 3.8) is 0 Å². The van der Waals surface area contributed by atoms with Gasteiger partial charge in [-0.2, -0.15) is 0 Å². The highest BCUT2D eigenvalue weighted by Gasteiger charge is 2.22. The Hall–Kier alpha value is -4.18. The van der Waals surface area contributed by atoms with E-state index in [1.165, 1.54) is 62.7 Å². The number of nitrogens with one attached hydrogen (secondary N) is 1. The minimum absolute atomic E-state index is 0.137. The first-order valence-corrected chi connectivity index (χ1v) is 11.9. The predicted molar refractivity (Wildman–Crippen MR) is 130 cm³/mol. The third-order valence-electron chi connectivity index (χ3n) is 5.09. The van der Waals surface area contributed by atoms with Gasteiger partial charge in [0.25, 0.3) is 15.9 Å². The fourth-order valence-corrected chi connectivity index (χ4v) is 4.29. The first-order chi connectivity index (χ1) is 16.6. The van der Waals surface area contributed by atoms with Gasteiger partial charge in [-0.15, -0.1) is 0 Å². The lowest BCUT2D eigenvalue weighted by Crippen LogP contribution is -2.26. The summed E-state index contributed by atoms with van der Waals surface area (Å²) >= 11 is 0. The van der Waals surface area contributed by atoms with Crippen LogP contribution < -0.4 is 9.62 Å². The van der Waals surface area contributed by atoms with E-state index >= 15 is 0 Å². The summed E-state index contributed by atoms with van der Waals surface area (Å²) in [5.74, 6) is -2.03. The molecule has 0 atom stereocenters. The lowest BCUT2D eigenvalue weighted by atomic mass is 10.2. The Morgan fingerprint density at radius 1 is 0.886 bits per heavy atom. The number of para-hydroxylation sites is 1. The molecule has 0 heterocycles. The number of carbonyl (C=O) groups excluding carboxylic acids is 3. The number of hydrogen-bond acceptors (Lipinski definition) is 7. The number of aryl methyl sites for hydroxylation is 1. The largest absolute Gasteiger partial charge is 0.465 e. The number of rotatable bonds is 8. The molecule has 0 saturated carbocycles. The standard InChI is InChI=1S/C25H24N2O7S/c1-17-8-14-20(15-9-17)35(31,32)27(2)19-12-10-18(11-13-19)24(29)34-16-23(28)26-22-7-5-4-6-21(22)25(30)33-3/h4-15H,16H2,1-3H3,(H,26,28). The summed E-state index contributed by atoms with van der Waals surface area (Å²) < 4.78 is 36.5. The first kappa shape index (κ1) is 25.4. The van der Waals surface area contributed by atoms with Crippen LogP contribution in [0.3, 0.4) is 0 Å². The molecule has 0 fully saturated rings. The maximum Gasteiger partial charge on any atom is 0.339 e. The summed E-state index contributed by atoms with van der Waals surface area (Å²) in [5, 5.41) is 2.50. The number of sulfonamides is 1. The summed E-state index contributed by atoms with van der Waals surface area (Å²) in [6.45, 7) is 1.28. The van der Waals surface area contributed by atoms with Crippen LogP contribution in [0.25, 0.3) is 0 Å². The number of methoxy groups -OCH3 is 1. The van der Waals surface area contributed by atoms with Crippen LogP contribution in [0.4, 0.5) is 11.4 Å². The normalized spacial score (nSPS) is 10.8. The molecule has 0 aliphatic heterocycles. The van der Waals surface area contributed by atoms with Gasteiger partial charge in [-0.1, -0.05) is 29.8 Å². The Balaban J connectivity index is 1.62. The van der Waals surface area contributed by atoms with Crippen LogP contribution in [0.2, 0.25) is 0 Å². The van der Waals surface area contributed by atoms with Gasteiger partial charge in [0.2, 0.25) is 0 Å². The molecule has 182 valence electrons. The minimum Gasteiger partial charge on any atom is -0.465 e. The van der Waals surface area contributed by atoms with Gasteiger partial charge in [0.15, 0.2) is 6.61 Å². The molecule has 0 aromatic heterocycles. The van der Waals surface area contributed by atoms with Crippen molar-refractivity contribution in [1.29, 1.82) is 0 Å². The van der Waals surface area contributed by atoms with Crippen LogP contribution in [-0.4, -0.2) is 47.0 Å². The molecule has 9 nitrogen and oxygen atoms in total. The maximum atomic E-state index is 12.8. The topological polar surface area (TPSA) is 119 Å². The van der Waals surface area contributed by atoms with E-state index in [9.17, 15) is 22.8 Å². The molecule has 0 spiro atoms. The molecule has 10 heteroatoms. The molecule has 3 aromatic rings. The summed E-state index contributed by atoms with van der Waals surface area (Å²) in [6, 6.07) is 18.5. The van der Waals surface area contributed by atoms with E-state index < -0.39 is 34.5 Å². The van der Waals surface area contributed by atoms with Crippen LogP contribution in [0.5, 0.6) is 0 Å². The molecule has 0 aliphatic rings. The van der Waals surface area contributed by atoms with E-state index in [1.54, 1.807) is 24.3 Å². The van der Waals surface area contributed by atoms with Crippen molar-refractivity contribution in [1.82, 2.24) is 0 Å². The molecule has 1 amide bonds. The second-order valence-electron chi connectivity index (χ2n) is 7.49. The van der Waals surface area contributed by atoms with Crippen LogP contribution in [-0.2, 0) is 24.3 Å². The van der Waals surface area contributed by atoms with Gasteiger partial charge >= 0.3 is 11.9 Å². The molecular formula is C25H24N2O7S. The van der Waals surface area contributed by atoms with Crippen molar-refractivity contribution in [3.8, 4) is 0 Å². The van der Waals surface area contributed by atoms with Crippen LogP contribution in [0.1, 0.15) is 26.3 Å². The van der Waals surface area contributed by atoms with Gasteiger partial charge in [0.1, 0.15) is 0 Å². The Kier molecular flexibility index (Phi) is 7.87. The van der Waals surface area contributed by atoms with Crippen LogP contribution in [0.15, 0.2) is 77.7 Å². The van der Waals surface area contributed by atoms with Gasteiger partial charge < -0.3 is 14.8 Å². The van der Waals surface area contributed by atoms with Crippen LogP contribution >= 0.6 is 0 Å². The van der Waals surface area contributed by atoms with E-state index in [-0.39, 0.29) is 21.7 Å². The zero-order valence-corrected chi connectivity index (χ0v) is 20.2. The Morgan fingerprint density at radius 3 is 2.14 bits per heavy atom. The zero-order valence-electron chi connectivity index (χ0n) is 19.3. The van der Waals surface area contributed by atoms with Crippen molar-refractivity contribution in [3.05, 3.63) is 89.5 Å². The Labute approximate surface area is 203 Å². The van der Waals surface area contributed by atoms with E-state index in [1.807, 2.05) is 6.92 Å². The molecule has 0 bridgehead atoms. The number of anilines is 2. The number of nitrogens with zero attached hydrogens (tertiary/aromatic N) is 1. The molecule has 3 rings (SSSR count).